The quantitative estimate of drug-likeness (QED) is 0.531. The molecule has 0 bridgehead atoms. The second-order valence-corrected chi connectivity index (χ2v) is 2.54. The van der Waals surface area contributed by atoms with Gasteiger partial charge in [0.25, 0.3) is 0 Å². The van der Waals surface area contributed by atoms with Crippen LogP contribution in [0.2, 0.25) is 0 Å². The first-order chi connectivity index (χ1) is 5.24. The van der Waals surface area contributed by atoms with Gasteiger partial charge >= 0.3 is 0 Å². The summed E-state index contributed by atoms with van der Waals surface area (Å²) in [4.78, 5) is 14.2. The number of amides is 1. The van der Waals surface area contributed by atoms with Gasteiger partial charge < -0.3 is 0 Å². The standard InChI is InChI=1S/C7H8N2OS/c1-6-2-3-7(4-8-6)9(11)5-10/h2-5,11H,1H3. The van der Waals surface area contributed by atoms with Gasteiger partial charge in [-0.25, -0.2) is 0 Å². The SMILES string of the molecule is Cc1ccc(N(S)C=O)cn1. The van der Waals surface area contributed by atoms with Crippen molar-refractivity contribution in [2.75, 3.05) is 4.31 Å². The number of nitrogens with zero attached hydrogens (tertiary/aromatic N) is 2. The van der Waals surface area contributed by atoms with Gasteiger partial charge in [0.15, 0.2) is 0 Å². The predicted octanol–water partition coefficient (Wildman–Crippen LogP) is 1.20. The van der Waals surface area contributed by atoms with Crippen molar-refractivity contribution in [3.63, 3.8) is 0 Å². The van der Waals surface area contributed by atoms with Crippen molar-refractivity contribution in [3.8, 4) is 0 Å². The lowest BCUT2D eigenvalue weighted by molar-refractivity contribution is -0.106. The molecule has 0 fully saturated rings. The number of pyridine rings is 1. The van der Waals surface area contributed by atoms with Crippen LogP contribution in [0.1, 0.15) is 5.69 Å². The number of carbonyl (C=O) groups excluding carboxylic acids is 1. The molecule has 0 aliphatic heterocycles. The molecule has 0 radical (unpaired) electrons. The van der Waals surface area contributed by atoms with Crippen molar-refractivity contribution in [1.29, 1.82) is 0 Å². The molecule has 0 aromatic carbocycles. The van der Waals surface area contributed by atoms with Crippen LogP contribution in [0, 0.1) is 6.92 Å². The molecule has 0 unspecified atom stereocenters. The lowest BCUT2D eigenvalue weighted by Gasteiger charge is -2.07. The molecule has 1 aromatic heterocycles. The molecule has 1 amide bonds. The molecule has 0 saturated carbocycles. The number of aryl methyl sites for hydroxylation is 1. The van der Waals surface area contributed by atoms with Crippen LogP contribution in [0.25, 0.3) is 0 Å². The molecular formula is C7H8N2OS. The molecule has 3 nitrogen and oxygen atoms in total. The van der Waals surface area contributed by atoms with Gasteiger partial charge in [0.2, 0.25) is 6.41 Å². The Labute approximate surface area is 70.6 Å². The maximum atomic E-state index is 10.2. The van der Waals surface area contributed by atoms with Gasteiger partial charge in [0, 0.05) is 5.69 Å². The Bertz CT molecular complexity index is 247. The van der Waals surface area contributed by atoms with Gasteiger partial charge in [0.1, 0.15) is 0 Å². The zero-order valence-corrected chi connectivity index (χ0v) is 6.95. The monoisotopic (exact) mass is 168 g/mol. The summed E-state index contributed by atoms with van der Waals surface area (Å²) in [6.07, 6.45) is 2.21. The average molecular weight is 168 g/mol. The first kappa shape index (κ1) is 8.07. The van der Waals surface area contributed by atoms with Gasteiger partial charge in [-0.2, -0.15) is 0 Å². The van der Waals surface area contributed by atoms with Crippen molar-refractivity contribution < 1.29 is 4.79 Å². The molecular weight excluding hydrogens is 160 g/mol. The summed E-state index contributed by atoms with van der Waals surface area (Å²) >= 11 is 3.88. The third-order valence-corrected chi connectivity index (χ3v) is 1.59. The molecule has 58 valence electrons. The van der Waals surface area contributed by atoms with Gasteiger partial charge in [0.05, 0.1) is 11.9 Å². The highest BCUT2D eigenvalue weighted by atomic mass is 32.1. The van der Waals surface area contributed by atoms with E-state index in [2.05, 4.69) is 17.8 Å². The lowest BCUT2D eigenvalue weighted by atomic mass is 10.3. The molecule has 1 rings (SSSR count). The number of anilines is 1. The van der Waals surface area contributed by atoms with E-state index < -0.39 is 0 Å². The summed E-state index contributed by atoms with van der Waals surface area (Å²) in [7, 11) is 0. The van der Waals surface area contributed by atoms with E-state index in [0.29, 0.717) is 12.1 Å². The summed E-state index contributed by atoms with van der Waals surface area (Å²) in [5, 5.41) is 0. The topological polar surface area (TPSA) is 33.2 Å². The highest BCUT2D eigenvalue weighted by Crippen LogP contribution is 2.11. The predicted molar refractivity (Wildman–Crippen MR) is 46.5 cm³/mol. The molecule has 1 heterocycles. The summed E-state index contributed by atoms with van der Waals surface area (Å²) in [6, 6.07) is 3.60. The van der Waals surface area contributed by atoms with Crippen molar-refractivity contribution in [2.45, 2.75) is 6.92 Å². The summed E-state index contributed by atoms with van der Waals surface area (Å²) in [6.45, 7) is 1.88. The maximum absolute atomic E-state index is 10.2. The molecule has 0 aliphatic carbocycles. The smallest absolute Gasteiger partial charge is 0.224 e. The normalized spacial score (nSPS) is 9.27. The number of hydrogen-bond donors (Lipinski definition) is 1. The maximum Gasteiger partial charge on any atom is 0.224 e. The van der Waals surface area contributed by atoms with E-state index >= 15 is 0 Å². The summed E-state index contributed by atoms with van der Waals surface area (Å²) in [5.74, 6) is 0. The highest BCUT2D eigenvalue weighted by Gasteiger charge is 1.97. The third-order valence-electron chi connectivity index (χ3n) is 1.26. The van der Waals surface area contributed by atoms with Crippen molar-refractivity contribution in [3.05, 3.63) is 24.0 Å². The Balaban J connectivity index is 2.89. The van der Waals surface area contributed by atoms with Gasteiger partial charge in [-0.15, -0.1) is 0 Å². The summed E-state index contributed by atoms with van der Waals surface area (Å²) < 4.78 is 1.17. The largest absolute Gasteiger partial charge is 0.277 e. The number of rotatable bonds is 2. The first-order valence-corrected chi connectivity index (χ1v) is 3.50. The van der Waals surface area contributed by atoms with E-state index in [0.717, 1.165) is 5.69 Å². The number of hydrogen-bond acceptors (Lipinski definition) is 3. The Morgan fingerprint density at radius 1 is 1.64 bits per heavy atom. The Kier molecular flexibility index (Phi) is 2.48. The Morgan fingerprint density at radius 3 is 2.82 bits per heavy atom. The second-order valence-electron chi connectivity index (χ2n) is 2.11. The second kappa shape index (κ2) is 3.39. The van der Waals surface area contributed by atoms with Crippen molar-refractivity contribution in [2.24, 2.45) is 0 Å². The van der Waals surface area contributed by atoms with E-state index in [1.54, 1.807) is 12.3 Å². The van der Waals surface area contributed by atoms with Gasteiger partial charge in [-0.3, -0.25) is 14.1 Å². The summed E-state index contributed by atoms with van der Waals surface area (Å²) in [5.41, 5.74) is 1.59. The first-order valence-electron chi connectivity index (χ1n) is 3.10. The minimum Gasteiger partial charge on any atom is -0.277 e. The minimum atomic E-state index is 0.620. The fraction of sp³-hybridized carbons (Fsp3) is 0.143. The van der Waals surface area contributed by atoms with E-state index in [1.807, 2.05) is 13.0 Å². The fourth-order valence-corrected chi connectivity index (χ4v) is 0.775. The lowest BCUT2D eigenvalue weighted by Crippen LogP contribution is -2.06. The zero-order valence-electron chi connectivity index (χ0n) is 6.06. The van der Waals surface area contributed by atoms with E-state index in [1.165, 1.54) is 4.31 Å². The van der Waals surface area contributed by atoms with Crippen LogP contribution >= 0.6 is 12.8 Å². The van der Waals surface area contributed by atoms with Gasteiger partial charge in [-0.1, -0.05) is 12.8 Å². The molecule has 0 saturated heterocycles. The molecule has 4 heteroatoms. The van der Waals surface area contributed by atoms with Crippen LogP contribution in [0.5, 0.6) is 0 Å². The van der Waals surface area contributed by atoms with Crippen LogP contribution in [0.15, 0.2) is 18.3 Å². The van der Waals surface area contributed by atoms with Crippen molar-refractivity contribution in [1.82, 2.24) is 4.98 Å². The Morgan fingerprint density at radius 2 is 2.36 bits per heavy atom. The van der Waals surface area contributed by atoms with Crippen LogP contribution in [-0.2, 0) is 4.79 Å². The number of thiol groups is 1. The van der Waals surface area contributed by atoms with E-state index in [4.69, 9.17) is 0 Å². The molecule has 0 N–H and O–H groups in total. The van der Waals surface area contributed by atoms with Crippen LogP contribution in [-0.4, -0.2) is 11.4 Å². The third kappa shape index (κ3) is 1.94. The highest BCUT2D eigenvalue weighted by molar-refractivity contribution is 7.82. The molecule has 0 spiro atoms. The van der Waals surface area contributed by atoms with E-state index in [9.17, 15) is 4.79 Å². The van der Waals surface area contributed by atoms with Crippen molar-refractivity contribution >= 4 is 24.9 Å². The minimum absolute atomic E-state index is 0.620. The fourth-order valence-electron chi connectivity index (χ4n) is 0.656. The molecule has 11 heavy (non-hydrogen) atoms. The number of carbonyl (C=O) groups is 1. The van der Waals surface area contributed by atoms with Crippen LogP contribution in [0.3, 0.4) is 0 Å². The molecule has 0 atom stereocenters. The Hall–Kier alpha value is -1.03. The molecule has 1 aromatic rings. The average Bonchev–Trinajstić information content (AvgIpc) is 2.05. The van der Waals surface area contributed by atoms with Gasteiger partial charge in [-0.05, 0) is 19.1 Å². The van der Waals surface area contributed by atoms with E-state index in [-0.39, 0.29) is 0 Å². The van der Waals surface area contributed by atoms with Crippen LogP contribution < -0.4 is 4.31 Å². The number of aromatic nitrogens is 1. The van der Waals surface area contributed by atoms with Crippen LogP contribution in [0.4, 0.5) is 5.69 Å². The zero-order chi connectivity index (χ0) is 8.27. The molecule has 0 aliphatic rings.